The number of halogens is 4. The fourth-order valence-corrected chi connectivity index (χ4v) is 2.08. The Kier molecular flexibility index (Phi) is 2.99. The molecular formula is C11H8BrF3N2. The Morgan fingerprint density at radius 1 is 1.18 bits per heavy atom. The molecular weight excluding hydrogens is 297 g/mol. The van der Waals surface area contributed by atoms with E-state index in [1.807, 2.05) is 0 Å². The average Bonchev–Trinajstić information content (AvgIpc) is 2.57. The lowest BCUT2D eigenvalue weighted by atomic mass is 10.1. The van der Waals surface area contributed by atoms with Crippen molar-refractivity contribution in [2.45, 2.75) is 6.18 Å². The van der Waals surface area contributed by atoms with E-state index in [0.717, 1.165) is 16.6 Å². The molecule has 1 aromatic carbocycles. The Labute approximate surface area is 104 Å². The molecule has 90 valence electrons. The first-order chi connectivity index (χ1) is 7.88. The van der Waals surface area contributed by atoms with Crippen LogP contribution in [0.3, 0.4) is 0 Å². The van der Waals surface area contributed by atoms with Crippen molar-refractivity contribution in [2.24, 2.45) is 7.05 Å². The Hall–Kier alpha value is -1.30. The largest absolute Gasteiger partial charge is 0.416 e. The van der Waals surface area contributed by atoms with Gasteiger partial charge in [-0.3, -0.25) is 4.68 Å². The van der Waals surface area contributed by atoms with E-state index in [9.17, 15) is 13.2 Å². The third kappa shape index (κ3) is 2.52. The summed E-state index contributed by atoms with van der Waals surface area (Å²) in [5, 5.41) is 4.16. The number of hydrogen-bond donors (Lipinski definition) is 0. The summed E-state index contributed by atoms with van der Waals surface area (Å²) in [7, 11) is 1.75. The van der Waals surface area contributed by atoms with Crippen LogP contribution in [0.4, 0.5) is 13.2 Å². The van der Waals surface area contributed by atoms with Crippen molar-refractivity contribution in [1.29, 1.82) is 0 Å². The molecule has 6 heteroatoms. The maximum atomic E-state index is 12.4. The molecule has 0 amide bonds. The molecule has 1 heterocycles. The van der Waals surface area contributed by atoms with Crippen LogP contribution in [-0.4, -0.2) is 9.78 Å². The van der Waals surface area contributed by atoms with Gasteiger partial charge >= 0.3 is 6.18 Å². The predicted octanol–water partition coefficient (Wildman–Crippen LogP) is 3.87. The maximum absolute atomic E-state index is 12.4. The molecule has 2 rings (SSSR count). The van der Waals surface area contributed by atoms with E-state index in [4.69, 9.17) is 0 Å². The van der Waals surface area contributed by atoms with Gasteiger partial charge in [-0.1, -0.05) is 12.1 Å². The fraction of sp³-hybridized carbons (Fsp3) is 0.182. The quantitative estimate of drug-likeness (QED) is 0.782. The maximum Gasteiger partial charge on any atom is 0.416 e. The van der Waals surface area contributed by atoms with E-state index in [-0.39, 0.29) is 0 Å². The van der Waals surface area contributed by atoms with E-state index in [1.165, 1.54) is 12.1 Å². The number of nitrogens with zero attached hydrogens (tertiary/aromatic N) is 2. The van der Waals surface area contributed by atoms with E-state index in [0.29, 0.717) is 11.3 Å². The summed E-state index contributed by atoms with van der Waals surface area (Å²) >= 11 is 3.31. The summed E-state index contributed by atoms with van der Waals surface area (Å²) < 4.78 is 39.5. The summed E-state index contributed by atoms with van der Waals surface area (Å²) in [6.07, 6.45) is -2.56. The van der Waals surface area contributed by atoms with E-state index >= 15 is 0 Å². The standard InChI is InChI=1S/C11H8BrF3N2/c1-17-6-9(12)10(16-17)7-2-4-8(5-3-7)11(13,14)15/h2-6H,1H3. The van der Waals surface area contributed by atoms with Gasteiger partial charge in [0.05, 0.1) is 10.0 Å². The van der Waals surface area contributed by atoms with Crippen LogP contribution in [0.15, 0.2) is 34.9 Å². The molecule has 0 radical (unpaired) electrons. The topological polar surface area (TPSA) is 17.8 Å². The first-order valence-electron chi connectivity index (χ1n) is 4.74. The van der Waals surface area contributed by atoms with Crippen molar-refractivity contribution in [1.82, 2.24) is 9.78 Å². The molecule has 2 aromatic rings. The van der Waals surface area contributed by atoms with Crippen molar-refractivity contribution in [2.75, 3.05) is 0 Å². The van der Waals surface area contributed by atoms with Gasteiger partial charge in [0.2, 0.25) is 0 Å². The molecule has 2 nitrogen and oxygen atoms in total. The highest BCUT2D eigenvalue weighted by Gasteiger charge is 2.30. The second-order valence-electron chi connectivity index (χ2n) is 3.57. The third-order valence-corrected chi connectivity index (χ3v) is 2.85. The monoisotopic (exact) mass is 304 g/mol. The normalized spacial score (nSPS) is 11.8. The van der Waals surface area contributed by atoms with Crippen molar-refractivity contribution < 1.29 is 13.2 Å². The zero-order chi connectivity index (χ0) is 12.6. The molecule has 0 N–H and O–H groups in total. The molecule has 0 aliphatic carbocycles. The number of hydrogen-bond acceptors (Lipinski definition) is 1. The third-order valence-electron chi connectivity index (χ3n) is 2.27. The molecule has 0 bridgehead atoms. The summed E-state index contributed by atoms with van der Waals surface area (Å²) in [6, 6.07) is 4.93. The van der Waals surface area contributed by atoms with E-state index in [2.05, 4.69) is 21.0 Å². The lowest BCUT2D eigenvalue weighted by Crippen LogP contribution is -2.04. The minimum atomic E-state index is -4.31. The van der Waals surface area contributed by atoms with Gasteiger partial charge in [-0.2, -0.15) is 18.3 Å². The van der Waals surface area contributed by atoms with Gasteiger partial charge < -0.3 is 0 Å². The van der Waals surface area contributed by atoms with Gasteiger partial charge in [-0.15, -0.1) is 0 Å². The van der Waals surface area contributed by atoms with Gasteiger partial charge in [-0.05, 0) is 28.1 Å². The summed E-state index contributed by atoms with van der Waals surface area (Å²) in [5.41, 5.74) is 0.611. The number of rotatable bonds is 1. The molecule has 17 heavy (non-hydrogen) atoms. The van der Waals surface area contributed by atoms with E-state index in [1.54, 1.807) is 17.9 Å². The van der Waals surface area contributed by atoms with Crippen LogP contribution in [0.25, 0.3) is 11.3 Å². The Bertz CT molecular complexity index is 529. The number of alkyl halides is 3. The van der Waals surface area contributed by atoms with Crippen LogP contribution >= 0.6 is 15.9 Å². The summed E-state index contributed by atoms with van der Waals surface area (Å²) in [5.74, 6) is 0. The van der Waals surface area contributed by atoms with Crippen LogP contribution in [0, 0.1) is 0 Å². The molecule has 0 saturated heterocycles. The minimum absolute atomic E-state index is 0.626. The molecule has 0 spiro atoms. The molecule has 0 aliphatic rings. The predicted molar refractivity (Wildman–Crippen MR) is 61.3 cm³/mol. The highest BCUT2D eigenvalue weighted by molar-refractivity contribution is 9.10. The summed E-state index contributed by atoms with van der Waals surface area (Å²) in [6.45, 7) is 0. The summed E-state index contributed by atoms with van der Waals surface area (Å²) in [4.78, 5) is 0. The number of benzene rings is 1. The van der Waals surface area contributed by atoms with Crippen LogP contribution in [0.2, 0.25) is 0 Å². The molecule has 0 unspecified atom stereocenters. The fourth-order valence-electron chi connectivity index (χ4n) is 1.47. The van der Waals surface area contributed by atoms with Crippen LogP contribution in [0.5, 0.6) is 0 Å². The van der Waals surface area contributed by atoms with Gasteiger partial charge in [0.15, 0.2) is 0 Å². The Balaban J connectivity index is 2.39. The lowest BCUT2D eigenvalue weighted by Gasteiger charge is -2.06. The lowest BCUT2D eigenvalue weighted by molar-refractivity contribution is -0.137. The second-order valence-corrected chi connectivity index (χ2v) is 4.43. The van der Waals surface area contributed by atoms with Gasteiger partial charge in [0.25, 0.3) is 0 Å². The zero-order valence-corrected chi connectivity index (χ0v) is 10.4. The first-order valence-corrected chi connectivity index (χ1v) is 5.54. The van der Waals surface area contributed by atoms with Crippen molar-refractivity contribution in [3.63, 3.8) is 0 Å². The average molecular weight is 305 g/mol. The van der Waals surface area contributed by atoms with Gasteiger partial charge in [0, 0.05) is 18.8 Å². The van der Waals surface area contributed by atoms with E-state index < -0.39 is 11.7 Å². The first kappa shape index (κ1) is 12.2. The zero-order valence-electron chi connectivity index (χ0n) is 8.79. The highest BCUT2D eigenvalue weighted by Crippen LogP contribution is 2.32. The molecule has 0 aliphatic heterocycles. The van der Waals surface area contributed by atoms with Crippen molar-refractivity contribution in [3.05, 3.63) is 40.5 Å². The molecule has 0 atom stereocenters. The molecule has 1 aromatic heterocycles. The minimum Gasteiger partial charge on any atom is -0.274 e. The van der Waals surface area contributed by atoms with Crippen LogP contribution < -0.4 is 0 Å². The smallest absolute Gasteiger partial charge is 0.274 e. The van der Waals surface area contributed by atoms with Crippen LogP contribution in [0.1, 0.15) is 5.56 Å². The van der Waals surface area contributed by atoms with Crippen molar-refractivity contribution >= 4 is 15.9 Å². The number of aromatic nitrogens is 2. The van der Waals surface area contributed by atoms with Crippen molar-refractivity contribution in [3.8, 4) is 11.3 Å². The molecule has 0 saturated carbocycles. The van der Waals surface area contributed by atoms with Crippen LogP contribution in [-0.2, 0) is 13.2 Å². The molecule has 0 fully saturated rings. The second kappa shape index (κ2) is 4.18. The highest BCUT2D eigenvalue weighted by atomic mass is 79.9. The SMILES string of the molecule is Cn1cc(Br)c(-c2ccc(C(F)(F)F)cc2)n1. The Morgan fingerprint density at radius 2 is 1.76 bits per heavy atom. The van der Waals surface area contributed by atoms with Gasteiger partial charge in [-0.25, -0.2) is 0 Å². The Morgan fingerprint density at radius 3 is 2.18 bits per heavy atom. The number of aryl methyl sites for hydroxylation is 1. The van der Waals surface area contributed by atoms with Gasteiger partial charge in [0.1, 0.15) is 5.69 Å².